The van der Waals surface area contributed by atoms with E-state index >= 15 is 0 Å². The van der Waals surface area contributed by atoms with Crippen LogP contribution in [-0.4, -0.2) is 75.7 Å². The number of tetrazole rings is 1. The zero-order valence-electron chi connectivity index (χ0n) is 21.0. The van der Waals surface area contributed by atoms with Crippen molar-refractivity contribution in [3.8, 4) is 17.2 Å². The van der Waals surface area contributed by atoms with Gasteiger partial charge in [-0.1, -0.05) is 12.1 Å². The van der Waals surface area contributed by atoms with E-state index in [9.17, 15) is 9.90 Å². The van der Waals surface area contributed by atoms with Crippen LogP contribution in [0, 0.1) is 0 Å². The van der Waals surface area contributed by atoms with E-state index in [2.05, 4.69) is 25.4 Å². The fourth-order valence-electron chi connectivity index (χ4n) is 4.82. The molecule has 3 heterocycles. The summed E-state index contributed by atoms with van der Waals surface area (Å²) in [6.45, 7) is 1.63. The fraction of sp³-hybridized carbons (Fsp3) is 0.385. The number of pyridine rings is 1. The molecule has 194 valence electrons. The molecule has 0 spiro atoms. The van der Waals surface area contributed by atoms with E-state index in [0.29, 0.717) is 60.9 Å². The molecule has 11 heteroatoms. The number of aliphatic hydroxyl groups is 1. The highest BCUT2D eigenvalue weighted by Gasteiger charge is 2.33. The average Bonchev–Trinajstić information content (AvgIpc) is 3.37. The fourth-order valence-corrected chi connectivity index (χ4v) is 4.82. The van der Waals surface area contributed by atoms with Gasteiger partial charge in [0.05, 0.1) is 39.5 Å². The number of fused-ring (bicyclic) bond motifs is 1. The molecule has 1 saturated heterocycles. The van der Waals surface area contributed by atoms with Crippen LogP contribution in [0.1, 0.15) is 35.8 Å². The summed E-state index contributed by atoms with van der Waals surface area (Å²) < 4.78 is 17.9. The Bertz CT molecular complexity index is 1430. The van der Waals surface area contributed by atoms with Crippen molar-refractivity contribution in [3.63, 3.8) is 0 Å². The van der Waals surface area contributed by atoms with Crippen LogP contribution < -0.4 is 19.8 Å². The summed E-state index contributed by atoms with van der Waals surface area (Å²) in [6.07, 6.45) is 0.846. The molecule has 1 fully saturated rings. The van der Waals surface area contributed by atoms with E-state index in [1.807, 2.05) is 36.4 Å². The first-order valence-electron chi connectivity index (χ1n) is 12.1. The number of ether oxygens (including phenoxy) is 3. The maximum atomic E-state index is 13.5. The molecule has 0 aliphatic carbocycles. The lowest BCUT2D eigenvalue weighted by Gasteiger charge is -2.35. The maximum Gasteiger partial charge on any atom is 0.253 e. The molecule has 11 nitrogen and oxygen atoms in total. The normalized spacial score (nSPS) is 15.6. The summed E-state index contributed by atoms with van der Waals surface area (Å²) in [4.78, 5) is 18.6. The molecule has 0 amide bonds. The number of piperidine rings is 1. The third-order valence-corrected chi connectivity index (χ3v) is 6.83. The number of likely N-dealkylation sites (tertiary alicyclic amines) is 1. The molecule has 1 aliphatic rings. The minimum atomic E-state index is -0.512. The summed E-state index contributed by atoms with van der Waals surface area (Å²) in [5, 5.41) is 23.5. The van der Waals surface area contributed by atoms with Crippen LogP contribution >= 0.6 is 0 Å². The number of aliphatic hydroxyl groups excluding tert-OH is 1. The number of nitrogens with zero attached hydrogens (tertiary/aromatic N) is 5. The van der Waals surface area contributed by atoms with Gasteiger partial charge in [0.15, 0.2) is 17.3 Å². The van der Waals surface area contributed by atoms with Gasteiger partial charge in [-0.15, -0.1) is 5.10 Å². The summed E-state index contributed by atoms with van der Waals surface area (Å²) >= 11 is 0. The number of methoxy groups -OCH3 is 3. The molecule has 1 atom stereocenters. The molecule has 2 aromatic carbocycles. The van der Waals surface area contributed by atoms with Crippen LogP contribution in [0.3, 0.4) is 0 Å². The van der Waals surface area contributed by atoms with E-state index in [1.54, 1.807) is 32.1 Å². The molecular formula is C26H30N6O5. The Hall–Kier alpha value is -3.96. The number of hydrogen-bond acceptors (Lipinski definition) is 9. The first-order chi connectivity index (χ1) is 18.0. The Balaban J connectivity index is 1.60. The second-order valence-corrected chi connectivity index (χ2v) is 9.06. The molecule has 1 aliphatic heterocycles. The third kappa shape index (κ3) is 5.00. The Kier molecular flexibility index (Phi) is 7.06. The lowest BCUT2D eigenvalue weighted by Crippen LogP contribution is -2.41. The Morgan fingerprint density at radius 1 is 1.03 bits per heavy atom. The summed E-state index contributed by atoms with van der Waals surface area (Å²) in [5.41, 5.74) is 1.90. The second-order valence-electron chi connectivity index (χ2n) is 9.06. The van der Waals surface area contributed by atoms with Crippen molar-refractivity contribution >= 4 is 10.9 Å². The molecule has 5 rings (SSSR count). The zero-order chi connectivity index (χ0) is 25.9. The maximum absolute atomic E-state index is 13.5. The Labute approximate surface area is 213 Å². The van der Waals surface area contributed by atoms with Crippen molar-refractivity contribution in [3.05, 3.63) is 69.8 Å². The van der Waals surface area contributed by atoms with Gasteiger partial charge < -0.3 is 24.3 Å². The standard InChI is InChI=1S/C26H30N6O5/c1-35-19-6-4-16(5-7-19)15-32-25(28-29-30-32)24(31-10-8-18(33)9-11-31)20-12-17-13-22(36-2)23(37-3)14-21(17)27-26(20)34/h4-7,12-14,18,24,33H,8-11,15H2,1-3H3,(H,27,34). The number of aromatic nitrogens is 5. The van der Waals surface area contributed by atoms with Gasteiger partial charge in [-0.05, 0) is 53.1 Å². The van der Waals surface area contributed by atoms with Crippen LogP contribution in [0.5, 0.6) is 17.2 Å². The van der Waals surface area contributed by atoms with Gasteiger partial charge in [-0.3, -0.25) is 9.69 Å². The zero-order valence-corrected chi connectivity index (χ0v) is 21.0. The van der Waals surface area contributed by atoms with Gasteiger partial charge in [0, 0.05) is 30.1 Å². The predicted molar refractivity (Wildman–Crippen MR) is 136 cm³/mol. The predicted octanol–water partition coefficient (Wildman–Crippen LogP) is 2.13. The van der Waals surface area contributed by atoms with Crippen molar-refractivity contribution in [2.45, 2.75) is 31.5 Å². The molecule has 0 bridgehead atoms. The number of rotatable bonds is 8. The van der Waals surface area contributed by atoms with Gasteiger partial charge in [0.2, 0.25) is 0 Å². The van der Waals surface area contributed by atoms with Crippen molar-refractivity contribution in [2.75, 3.05) is 34.4 Å². The summed E-state index contributed by atoms with van der Waals surface area (Å²) in [5.74, 6) is 2.41. The number of nitrogens with one attached hydrogen (secondary N) is 1. The largest absolute Gasteiger partial charge is 0.497 e. The first-order valence-corrected chi connectivity index (χ1v) is 12.1. The molecule has 1 unspecified atom stereocenters. The van der Waals surface area contributed by atoms with Crippen LogP contribution in [0.25, 0.3) is 10.9 Å². The number of hydrogen-bond donors (Lipinski definition) is 2. The van der Waals surface area contributed by atoms with E-state index in [-0.39, 0.29) is 11.7 Å². The highest BCUT2D eigenvalue weighted by atomic mass is 16.5. The highest BCUT2D eigenvalue weighted by molar-refractivity contribution is 5.83. The van der Waals surface area contributed by atoms with Gasteiger partial charge in [0.1, 0.15) is 11.8 Å². The summed E-state index contributed by atoms with van der Waals surface area (Å²) in [7, 11) is 4.76. The molecule has 2 aromatic heterocycles. The SMILES string of the molecule is COc1ccc(Cn2nnnc2C(c2cc3cc(OC)c(OC)cc3[nH]c2=O)N2CCC(O)CC2)cc1. The van der Waals surface area contributed by atoms with Crippen LogP contribution in [0.2, 0.25) is 0 Å². The van der Waals surface area contributed by atoms with Crippen LogP contribution in [0.4, 0.5) is 0 Å². The van der Waals surface area contributed by atoms with Gasteiger partial charge >= 0.3 is 0 Å². The number of benzene rings is 2. The third-order valence-electron chi connectivity index (χ3n) is 6.83. The van der Waals surface area contributed by atoms with Gasteiger partial charge in [0.25, 0.3) is 5.56 Å². The topological polar surface area (TPSA) is 128 Å². The molecule has 0 saturated carbocycles. The van der Waals surface area contributed by atoms with Crippen molar-refractivity contribution in [1.29, 1.82) is 0 Å². The Morgan fingerprint density at radius 2 is 1.73 bits per heavy atom. The number of H-pyrrole nitrogens is 1. The molecule has 0 radical (unpaired) electrons. The molecule has 37 heavy (non-hydrogen) atoms. The van der Waals surface area contributed by atoms with Gasteiger partial charge in [-0.25, -0.2) is 4.68 Å². The van der Waals surface area contributed by atoms with Crippen molar-refractivity contribution in [2.24, 2.45) is 0 Å². The van der Waals surface area contributed by atoms with Crippen molar-refractivity contribution in [1.82, 2.24) is 30.1 Å². The van der Waals surface area contributed by atoms with E-state index in [1.165, 1.54) is 0 Å². The van der Waals surface area contributed by atoms with E-state index in [4.69, 9.17) is 14.2 Å². The quantitative estimate of drug-likeness (QED) is 0.369. The minimum Gasteiger partial charge on any atom is -0.497 e. The smallest absolute Gasteiger partial charge is 0.253 e. The molecule has 2 N–H and O–H groups in total. The lowest BCUT2D eigenvalue weighted by atomic mass is 9.99. The number of aromatic amines is 1. The highest BCUT2D eigenvalue weighted by Crippen LogP contribution is 2.34. The summed E-state index contributed by atoms with van der Waals surface area (Å²) in [6, 6.07) is 12.6. The second kappa shape index (κ2) is 10.6. The monoisotopic (exact) mass is 506 g/mol. The van der Waals surface area contributed by atoms with Crippen LogP contribution in [-0.2, 0) is 6.54 Å². The Morgan fingerprint density at radius 3 is 2.41 bits per heavy atom. The van der Waals surface area contributed by atoms with Crippen molar-refractivity contribution < 1.29 is 19.3 Å². The minimum absolute atomic E-state index is 0.241. The van der Waals surface area contributed by atoms with Crippen LogP contribution in [0.15, 0.2) is 47.3 Å². The molecule has 4 aromatic rings. The van der Waals surface area contributed by atoms with E-state index < -0.39 is 6.04 Å². The molecular weight excluding hydrogens is 476 g/mol. The average molecular weight is 507 g/mol. The lowest BCUT2D eigenvalue weighted by molar-refractivity contribution is 0.0659. The first kappa shape index (κ1) is 24.7. The van der Waals surface area contributed by atoms with E-state index in [0.717, 1.165) is 16.7 Å². The van der Waals surface area contributed by atoms with Gasteiger partial charge in [-0.2, -0.15) is 0 Å².